The van der Waals surface area contributed by atoms with Crippen molar-refractivity contribution in [3.63, 3.8) is 0 Å². The second-order valence-corrected chi connectivity index (χ2v) is 5.33. The molecule has 3 rings (SSSR count). The molecule has 0 saturated heterocycles. The number of rotatable bonds is 3. The predicted molar refractivity (Wildman–Crippen MR) is 81.8 cm³/mol. The lowest BCUT2D eigenvalue weighted by atomic mass is 9.98. The van der Waals surface area contributed by atoms with E-state index >= 15 is 0 Å². The van der Waals surface area contributed by atoms with Gasteiger partial charge in [0.25, 0.3) is 0 Å². The number of aliphatic hydroxyl groups excluding tert-OH is 1. The topological polar surface area (TPSA) is 33.1 Å². The van der Waals surface area contributed by atoms with Gasteiger partial charge in [-0.05, 0) is 23.1 Å². The molecule has 0 amide bonds. The average molecular weight is 302 g/mol. The van der Waals surface area contributed by atoms with Crippen LogP contribution in [-0.2, 0) is 6.42 Å². The van der Waals surface area contributed by atoms with Crippen LogP contribution in [0.5, 0.6) is 0 Å². The Bertz CT molecular complexity index is 785. The van der Waals surface area contributed by atoms with Crippen molar-refractivity contribution in [2.24, 2.45) is 0 Å². The van der Waals surface area contributed by atoms with Crippen LogP contribution in [0.15, 0.2) is 54.9 Å². The van der Waals surface area contributed by atoms with Gasteiger partial charge in [-0.2, -0.15) is 0 Å². The molecule has 1 aromatic heterocycles. The summed E-state index contributed by atoms with van der Waals surface area (Å²) in [5.41, 5.74) is 1.54. The fraction of sp³-hybridized carbons (Fsp3) is 0.118. The molecule has 106 valence electrons. The Morgan fingerprint density at radius 3 is 2.76 bits per heavy atom. The normalized spacial score (nSPS) is 12.5. The van der Waals surface area contributed by atoms with Gasteiger partial charge in [-0.1, -0.05) is 41.9 Å². The summed E-state index contributed by atoms with van der Waals surface area (Å²) in [6.45, 7) is 0. The van der Waals surface area contributed by atoms with Crippen LogP contribution in [0.1, 0.15) is 17.2 Å². The van der Waals surface area contributed by atoms with Gasteiger partial charge in [-0.15, -0.1) is 0 Å². The van der Waals surface area contributed by atoms with Crippen molar-refractivity contribution >= 4 is 22.4 Å². The Hall–Kier alpha value is -1.97. The number of aromatic nitrogens is 1. The summed E-state index contributed by atoms with van der Waals surface area (Å²) in [6, 6.07) is 12.2. The van der Waals surface area contributed by atoms with E-state index in [-0.39, 0.29) is 5.02 Å². The molecule has 0 saturated carbocycles. The number of aliphatic hydroxyl groups is 1. The molecule has 4 heteroatoms. The van der Waals surface area contributed by atoms with Crippen LogP contribution in [-0.4, -0.2) is 10.1 Å². The average Bonchev–Trinajstić information content (AvgIpc) is 2.50. The van der Waals surface area contributed by atoms with Crippen LogP contribution in [0.2, 0.25) is 5.02 Å². The summed E-state index contributed by atoms with van der Waals surface area (Å²) in [4.78, 5) is 4.16. The highest BCUT2D eigenvalue weighted by Gasteiger charge is 2.13. The maximum Gasteiger partial charge on any atom is 0.141 e. The van der Waals surface area contributed by atoms with E-state index in [1.165, 1.54) is 6.07 Å². The van der Waals surface area contributed by atoms with Crippen molar-refractivity contribution in [3.8, 4) is 0 Å². The first kappa shape index (κ1) is 14.0. The Balaban J connectivity index is 1.93. The molecule has 0 aliphatic rings. The van der Waals surface area contributed by atoms with Crippen molar-refractivity contribution in [2.45, 2.75) is 12.5 Å². The smallest absolute Gasteiger partial charge is 0.141 e. The molecule has 0 spiro atoms. The Morgan fingerprint density at radius 2 is 1.95 bits per heavy atom. The van der Waals surface area contributed by atoms with E-state index in [0.29, 0.717) is 6.42 Å². The second-order valence-electron chi connectivity index (χ2n) is 4.92. The standard InChI is InChI=1S/C17H13ClFNO/c18-15-7-11(5-6-16(15)19)8-17(21)14-10-20-9-12-3-1-2-4-13(12)14/h1-7,9-10,17,21H,8H2. The maximum atomic E-state index is 13.2. The molecule has 0 fully saturated rings. The lowest BCUT2D eigenvalue weighted by Gasteiger charge is -2.13. The monoisotopic (exact) mass is 301 g/mol. The number of fused-ring (bicyclic) bond motifs is 1. The molecule has 21 heavy (non-hydrogen) atoms. The summed E-state index contributed by atoms with van der Waals surface area (Å²) in [6.07, 6.45) is 3.07. The van der Waals surface area contributed by atoms with Crippen molar-refractivity contribution < 1.29 is 9.50 Å². The van der Waals surface area contributed by atoms with Gasteiger partial charge in [0.05, 0.1) is 11.1 Å². The lowest BCUT2D eigenvalue weighted by molar-refractivity contribution is 0.179. The first-order valence-corrected chi connectivity index (χ1v) is 6.97. The Morgan fingerprint density at radius 1 is 1.14 bits per heavy atom. The van der Waals surface area contributed by atoms with Gasteiger partial charge in [0.15, 0.2) is 0 Å². The molecule has 1 atom stereocenters. The summed E-state index contributed by atoms with van der Waals surface area (Å²) in [5.74, 6) is -0.457. The third-order valence-electron chi connectivity index (χ3n) is 3.47. The van der Waals surface area contributed by atoms with Crippen LogP contribution in [0, 0.1) is 5.82 Å². The van der Waals surface area contributed by atoms with Gasteiger partial charge < -0.3 is 5.11 Å². The minimum absolute atomic E-state index is 0.0655. The van der Waals surface area contributed by atoms with Crippen LogP contribution < -0.4 is 0 Å². The number of hydrogen-bond donors (Lipinski definition) is 1. The van der Waals surface area contributed by atoms with Crippen molar-refractivity contribution in [2.75, 3.05) is 0 Å². The molecule has 3 aromatic rings. The van der Waals surface area contributed by atoms with Crippen LogP contribution in [0.25, 0.3) is 10.8 Å². The van der Waals surface area contributed by atoms with Gasteiger partial charge in [-0.3, -0.25) is 4.98 Å². The Kier molecular flexibility index (Phi) is 3.86. The maximum absolute atomic E-state index is 13.2. The number of hydrogen-bond acceptors (Lipinski definition) is 2. The quantitative estimate of drug-likeness (QED) is 0.782. The summed E-state index contributed by atoms with van der Waals surface area (Å²) in [7, 11) is 0. The molecule has 0 bridgehead atoms. The molecular formula is C17H13ClFNO. The van der Waals surface area contributed by atoms with Crippen molar-refractivity contribution in [3.05, 3.63) is 76.8 Å². The zero-order valence-electron chi connectivity index (χ0n) is 11.1. The summed E-state index contributed by atoms with van der Waals surface area (Å²) < 4.78 is 13.2. The molecule has 0 radical (unpaired) electrons. The van der Waals surface area contributed by atoms with Gasteiger partial charge in [0.1, 0.15) is 5.82 Å². The second kappa shape index (κ2) is 5.80. The van der Waals surface area contributed by atoms with E-state index in [4.69, 9.17) is 11.6 Å². The fourth-order valence-electron chi connectivity index (χ4n) is 2.41. The lowest BCUT2D eigenvalue weighted by Crippen LogP contribution is -2.03. The molecule has 2 nitrogen and oxygen atoms in total. The molecule has 2 aromatic carbocycles. The molecule has 1 N–H and O–H groups in total. The van der Waals surface area contributed by atoms with Gasteiger partial charge >= 0.3 is 0 Å². The fourth-order valence-corrected chi connectivity index (χ4v) is 2.61. The third-order valence-corrected chi connectivity index (χ3v) is 3.76. The highest BCUT2D eigenvalue weighted by atomic mass is 35.5. The van der Waals surface area contributed by atoms with E-state index in [9.17, 15) is 9.50 Å². The SMILES string of the molecule is OC(Cc1ccc(F)c(Cl)c1)c1cncc2ccccc12. The van der Waals surface area contributed by atoms with Crippen LogP contribution in [0.3, 0.4) is 0 Å². The molecule has 1 unspecified atom stereocenters. The third kappa shape index (κ3) is 2.89. The van der Waals surface area contributed by atoms with Crippen molar-refractivity contribution in [1.82, 2.24) is 4.98 Å². The molecule has 0 aliphatic carbocycles. The van der Waals surface area contributed by atoms with E-state index in [0.717, 1.165) is 21.9 Å². The largest absolute Gasteiger partial charge is 0.388 e. The highest BCUT2D eigenvalue weighted by molar-refractivity contribution is 6.30. The Labute approximate surface area is 126 Å². The molecule has 0 aliphatic heterocycles. The predicted octanol–water partition coefficient (Wildman–Crippen LogP) is 4.30. The van der Waals surface area contributed by atoms with Crippen LogP contribution in [0.4, 0.5) is 4.39 Å². The number of benzene rings is 2. The van der Waals surface area contributed by atoms with E-state index in [1.807, 2.05) is 24.3 Å². The molecule has 1 heterocycles. The number of halogens is 2. The first-order valence-electron chi connectivity index (χ1n) is 6.60. The van der Waals surface area contributed by atoms with Gasteiger partial charge in [0.2, 0.25) is 0 Å². The first-order chi connectivity index (χ1) is 10.1. The summed E-state index contributed by atoms with van der Waals surface area (Å²) in [5, 5.41) is 12.5. The van der Waals surface area contributed by atoms with Gasteiger partial charge in [0, 0.05) is 29.8 Å². The number of nitrogens with zero attached hydrogens (tertiary/aromatic N) is 1. The van der Waals surface area contributed by atoms with E-state index < -0.39 is 11.9 Å². The minimum atomic E-state index is -0.717. The minimum Gasteiger partial charge on any atom is -0.388 e. The van der Waals surface area contributed by atoms with E-state index in [1.54, 1.807) is 24.5 Å². The van der Waals surface area contributed by atoms with Crippen molar-refractivity contribution in [1.29, 1.82) is 0 Å². The zero-order chi connectivity index (χ0) is 14.8. The van der Waals surface area contributed by atoms with Crippen LogP contribution >= 0.6 is 11.6 Å². The number of pyridine rings is 1. The highest BCUT2D eigenvalue weighted by Crippen LogP contribution is 2.26. The summed E-state index contributed by atoms with van der Waals surface area (Å²) >= 11 is 5.77. The molecular weight excluding hydrogens is 289 g/mol. The zero-order valence-corrected chi connectivity index (χ0v) is 11.9. The van der Waals surface area contributed by atoms with Gasteiger partial charge in [-0.25, -0.2) is 4.39 Å². The van der Waals surface area contributed by atoms with E-state index in [2.05, 4.69) is 4.98 Å².